The SMILES string of the molecule is CCCNC(CCCOC)Cc1ccc(Cl)cc1. The molecule has 1 unspecified atom stereocenters. The van der Waals surface area contributed by atoms with Crippen LogP contribution in [0.1, 0.15) is 31.7 Å². The van der Waals surface area contributed by atoms with E-state index >= 15 is 0 Å². The van der Waals surface area contributed by atoms with Crippen molar-refractivity contribution in [2.75, 3.05) is 20.3 Å². The highest BCUT2D eigenvalue weighted by molar-refractivity contribution is 6.30. The molecule has 1 aromatic rings. The van der Waals surface area contributed by atoms with E-state index in [1.807, 2.05) is 12.1 Å². The number of nitrogens with one attached hydrogen (secondary N) is 1. The van der Waals surface area contributed by atoms with Crippen molar-refractivity contribution in [1.29, 1.82) is 0 Å². The van der Waals surface area contributed by atoms with Crippen LogP contribution in [0.2, 0.25) is 5.02 Å². The van der Waals surface area contributed by atoms with E-state index in [2.05, 4.69) is 24.4 Å². The van der Waals surface area contributed by atoms with Gasteiger partial charge in [-0.2, -0.15) is 0 Å². The molecule has 0 aliphatic rings. The predicted octanol–water partition coefficient (Wildman–Crippen LogP) is 3.68. The van der Waals surface area contributed by atoms with Gasteiger partial charge in [0.05, 0.1) is 0 Å². The lowest BCUT2D eigenvalue weighted by Crippen LogP contribution is -2.32. The van der Waals surface area contributed by atoms with Gasteiger partial charge in [0.15, 0.2) is 0 Å². The summed E-state index contributed by atoms with van der Waals surface area (Å²) in [6, 6.07) is 8.67. The summed E-state index contributed by atoms with van der Waals surface area (Å²) in [5.74, 6) is 0. The van der Waals surface area contributed by atoms with Crippen molar-refractivity contribution in [1.82, 2.24) is 5.32 Å². The molecule has 0 bridgehead atoms. The van der Waals surface area contributed by atoms with E-state index in [0.717, 1.165) is 37.4 Å². The van der Waals surface area contributed by atoms with Crippen LogP contribution in [0.15, 0.2) is 24.3 Å². The van der Waals surface area contributed by atoms with Gasteiger partial charge in [-0.1, -0.05) is 30.7 Å². The van der Waals surface area contributed by atoms with Crippen LogP contribution in [0.5, 0.6) is 0 Å². The van der Waals surface area contributed by atoms with Gasteiger partial charge in [-0.15, -0.1) is 0 Å². The third-order valence-corrected chi connectivity index (χ3v) is 3.23. The summed E-state index contributed by atoms with van der Waals surface area (Å²) in [5, 5.41) is 4.40. The normalized spacial score (nSPS) is 12.6. The van der Waals surface area contributed by atoms with E-state index in [-0.39, 0.29) is 0 Å². The van der Waals surface area contributed by atoms with E-state index in [4.69, 9.17) is 16.3 Å². The molecule has 0 spiro atoms. The standard InChI is InChI=1S/C15H24ClNO/c1-3-10-17-15(5-4-11-18-2)12-13-6-8-14(16)9-7-13/h6-9,15,17H,3-5,10-12H2,1-2H3. The molecule has 1 N–H and O–H groups in total. The molecule has 2 nitrogen and oxygen atoms in total. The van der Waals surface area contributed by atoms with Gasteiger partial charge in [0.1, 0.15) is 0 Å². The van der Waals surface area contributed by atoms with E-state index in [9.17, 15) is 0 Å². The number of rotatable bonds is 9. The zero-order valence-electron chi connectivity index (χ0n) is 11.4. The lowest BCUT2D eigenvalue weighted by Gasteiger charge is -2.18. The van der Waals surface area contributed by atoms with Gasteiger partial charge < -0.3 is 10.1 Å². The highest BCUT2D eigenvalue weighted by Gasteiger charge is 2.08. The first kappa shape index (κ1) is 15.5. The van der Waals surface area contributed by atoms with Crippen LogP contribution >= 0.6 is 11.6 Å². The Morgan fingerprint density at radius 1 is 1.28 bits per heavy atom. The Hall–Kier alpha value is -0.570. The molecule has 0 aromatic heterocycles. The molecule has 1 rings (SSSR count). The van der Waals surface area contributed by atoms with Crippen molar-refractivity contribution >= 4 is 11.6 Å². The van der Waals surface area contributed by atoms with Crippen molar-refractivity contribution in [3.63, 3.8) is 0 Å². The average Bonchev–Trinajstić information content (AvgIpc) is 2.38. The van der Waals surface area contributed by atoms with E-state index in [0.29, 0.717) is 6.04 Å². The molecule has 0 saturated carbocycles. The van der Waals surface area contributed by atoms with E-state index < -0.39 is 0 Å². The maximum atomic E-state index is 5.90. The largest absolute Gasteiger partial charge is 0.385 e. The Morgan fingerprint density at radius 3 is 2.61 bits per heavy atom. The van der Waals surface area contributed by atoms with E-state index in [1.165, 1.54) is 12.0 Å². The Bertz CT molecular complexity index is 313. The van der Waals surface area contributed by atoms with Crippen LogP contribution in [-0.4, -0.2) is 26.3 Å². The first-order valence-corrected chi connectivity index (χ1v) is 7.10. The smallest absolute Gasteiger partial charge is 0.0462 e. The number of hydrogen-bond acceptors (Lipinski definition) is 2. The monoisotopic (exact) mass is 269 g/mol. The number of methoxy groups -OCH3 is 1. The molecule has 3 heteroatoms. The minimum atomic E-state index is 0.529. The Morgan fingerprint density at radius 2 is 2.00 bits per heavy atom. The maximum Gasteiger partial charge on any atom is 0.0462 e. The molecule has 0 aliphatic carbocycles. The first-order valence-electron chi connectivity index (χ1n) is 6.73. The highest BCUT2D eigenvalue weighted by atomic mass is 35.5. The highest BCUT2D eigenvalue weighted by Crippen LogP contribution is 2.13. The lowest BCUT2D eigenvalue weighted by atomic mass is 10.0. The zero-order chi connectivity index (χ0) is 13.2. The van der Waals surface area contributed by atoms with Crippen LogP contribution in [-0.2, 0) is 11.2 Å². The van der Waals surface area contributed by atoms with Crippen molar-refractivity contribution in [3.05, 3.63) is 34.9 Å². The fourth-order valence-corrected chi connectivity index (χ4v) is 2.13. The Labute approximate surface area is 116 Å². The second kappa shape index (κ2) is 9.37. The molecule has 0 amide bonds. The molecule has 0 fully saturated rings. The number of hydrogen-bond donors (Lipinski definition) is 1. The molecular formula is C15H24ClNO. The summed E-state index contributed by atoms with van der Waals surface area (Å²) >= 11 is 5.90. The van der Waals surface area contributed by atoms with Crippen LogP contribution in [0.3, 0.4) is 0 Å². The molecule has 1 aromatic carbocycles. The number of halogens is 1. The molecule has 18 heavy (non-hydrogen) atoms. The van der Waals surface area contributed by atoms with Crippen LogP contribution in [0.4, 0.5) is 0 Å². The Balaban J connectivity index is 2.45. The summed E-state index contributed by atoms with van der Waals surface area (Å²) in [5.41, 5.74) is 1.34. The molecule has 0 aliphatic heterocycles. The number of ether oxygens (including phenoxy) is 1. The average molecular weight is 270 g/mol. The molecular weight excluding hydrogens is 246 g/mol. The van der Waals surface area contributed by atoms with Crippen molar-refractivity contribution in [2.24, 2.45) is 0 Å². The fraction of sp³-hybridized carbons (Fsp3) is 0.600. The molecule has 1 atom stereocenters. The molecule has 0 saturated heterocycles. The van der Waals surface area contributed by atoms with Gasteiger partial charge in [0.2, 0.25) is 0 Å². The summed E-state index contributed by atoms with van der Waals surface area (Å²) in [6.07, 6.45) is 4.48. The maximum absolute atomic E-state index is 5.90. The summed E-state index contributed by atoms with van der Waals surface area (Å²) in [6.45, 7) is 4.11. The van der Waals surface area contributed by atoms with Crippen LogP contribution < -0.4 is 5.32 Å². The predicted molar refractivity (Wildman–Crippen MR) is 78.3 cm³/mol. The van der Waals surface area contributed by atoms with Gasteiger partial charge in [0, 0.05) is 24.8 Å². The van der Waals surface area contributed by atoms with Crippen LogP contribution in [0, 0.1) is 0 Å². The zero-order valence-corrected chi connectivity index (χ0v) is 12.2. The molecule has 0 heterocycles. The summed E-state index contributed by atoms with van der Waals surface area (Å²) < 4.78 is 5.12. The minimum Gasteiger partial charge on any atom is -0.385 e. The van der Waals surface area contributed by atoms with Gasteiger partial charge >= 0.3 is 0 Å². The first-order chi connectivity index (χ1) is 8.76. The topological polar surface area (TPSA) is 21.3 Å². The summed E-state index contributed by atoms with van der Waals surface area (Å²) in [7, 11) is 1.76. The van der Waals surface area contributed by atoms with Gasteiger partial charge in [-0.3, -0.25) is 0 Å². The van der Waals surface area contributed by atoms with Crippen molar-refractivity contribution in [2.45, 2.75) is 38.6 Å². The number of benzene rings is 1. The quantitative estimate of drug-likeness (QED) is 0.691. The van der Waals surface area contributed by atoms with Gasteiger partial charge in [-0.05, 0) is 49.9 Å². The van der Waals surface area contributed by atoms with Gasteiger partial charge in [0.25, 0.3) is 0 Å². The minimum absolute atomic E-state index is 0.529. The van der Waals surface area contributed by atoms with E-state index in [1.54, 1.807) is 7.11 Å². The Kier molecular flexibility index (Phi) is 8.06. The second-order valence-corrected chi connectivity index (χ2v) is 5.05. The summed E-state index contributed by atoms with van der Waals surface area (Å²) in [4.78, 5) is 0. The second-order valence-electron chi connectivity index (χ2n) is 4.62. The molecule has 0 radical (unpaired) electrons. The van der Waals surface area contributed by atoms with Gasteiger partial charge in [-0.25, -0.2) is 0 Å². The lowest BCUT2D eigenvalue weighted by molar-refractivity contribution is 0.188. The fourth-order valence-electron chi connectivity index (χ4n) is 2.00. The van der Waals surface area contributed by atoms with Crippen molar-refractivity contribution in [3.8, 4) is 0 Å². The van der Waals surface area contributed by atoms with Crippen molar-refractivity contribution < 1.29 is 4.74 Å². The molecule has 102 valence electrons. The van der Waals surface area contributed by atoms with Crippen LogP contribution in [0.25, 0.3) is 0 Å². The third kappa shape index (κ3) is 6.39. The third-order valence-electron chi connectivity index (χ3n) is 2.98.